The smallest absolute Gasteiger partial charge is 0.271 e. The van der Waals surface area contributed by atoms with Crippen molar-refractivity contribution in [3.8, 4) is 0 Å². The monoisotopic (exact) mass is 349 g/mol. The maximum Gasteiger partial charge on any atom is 0.271 e. The van der Waals surface area contributed by atoms with Crippen molar-refractivity contribution >= 4 is 23.2 Å². The third kappa shape index (κ3) is 3.10. The zero-order valence-electron chi connectivity index (χ0n) is 13.0. The van der Waals surface area contributed by atoms with E-state index >= 15 is 0 Å². The van der Waals surface area contributed by atoms with E-state index in [0.717, 1.165) is 5.82 Å². The molecule has 1 fully saturated rings. The van der Waals surface area contributed by atoms with Crippen LogP contribution in [0.3, 0.4) is 0 Å². The minimum absolute atomic E-state index is 0.163. The molecular formula is C15H16ClN5O3. The Morgan fingerprint density at radius 1 is 1.46 bits per heavy atom. The second-order valence-electron chi connectivity index (χ2n) is 5.57. The molecule has 9 heteroatoms. The van der Waals surface area contributed by atoms with Crippen LogP contribution in [-0.2, 0) is 7.05 Å². The normalized spacial score (nSPS) is 17.8. The quantitative estimate of drug-likeness (QED) is 0.673. The molecule has 1 aliphatic heterocycles. The van der Waals surface area contributed by atoms with Crippen LogP contribution in [0.4, 0.5) is 5.69 Å². The van der Waals surface area contributed by atoms with Crippen molar-refractivity contribution < 1.29 is 9.72 Å². The summed E-state index contributed by atoms with van der Waals surface area (Å²) in [5, 5.41) is 14.4. The van der Waals surface area contributed by atoms with Crippen LogP contribution in [-0.4, -0.2) is 44.9 Å². The van der Waals surface area contributed by atoms with Gasteiger partial charge in [-0.15, -0.1) is 0 Å². The van der Waals surface area contributed by atoms with Crippen LogP contribution in [0, 0.1) is 10.1 Å². The molecule has 8 nitrogen and oxygen atoms in total. The first kappa shape index (κ1) is 16.4. The van der Waals surface area contributed by atoms with Gasteiger partial charge < -0.3 is 14.8 Å². The highest BCUT2D eigenvalue weighted by Gasteiger charge is 2.31. The summed E-state index contributed by atoms with van der Waals surface area (Å²) in [5.41, 5.74) is 0.00448. The molecule has 2 heterocycles. The molecule has 126 valence electrons. The van der Waals surface area contributed by atoms with Crippen molar-refractivity contribution in [1.29, 1.82) is 0 Å². The topological polar surface area (TPSA) is 93.3 Å². The maximum absolute atomic E-state index is 12.9. The number of nitro groups is 1. The third-order valence-electron chi connectivity index (χ3n) is 4.00. The molecule has 1 aromatic heterocycles. The van der Waals surface area contributed by atoms with Gasteiger partial charge in [-0.2, -0.15) is 0 Å². The lowest BCUT2D eigenvalue weighted by molar-refractivity contribution is -0.384. The molecule has 0 saturated carbocycles. The first-order valence-electron chi connectivity index (χ1n) is 7.41. The number of nitrogens with one attached hydrogen (secondary N) is 1. The Kier molecular flexibility index (Phi) is 4.50. The highest BCUT2D eigenvalue weighted by atomic mass is 35.5. The number of benzene rings is 1. The van der Waals surface area contributed by atoms with Crippen molar-refractivity contribution in [3.05, 3.63) is 57.1 Å². The molecule has 0 aliphatic carbocycles. The van der Waals surface area contributed by atoms with Gasteiger partial charge in [0.25, 0.3) is 11.6 Å². The zero-order chi connectivity index (χ0) is 17.3. The standard InChI is InChI=1S/C15H16ClN5O3/c1-19-4-3-18-14(19)13-9-17-2-5-20(13)15(22)10-6-11(16)8-12(7-10)21(23)24/h3-4,6-8,13,17H,2,5,9H2,1H3. The Balaban J connectivity index is 1.95. The number of halogens is 1. The second kappa shape index (κ2) is 6.58. The van der Waals surface area contributed by atoms with Crippen LogP contribution in [0.15, 0.2) is 30.6 Å². The van der Waals surface area contributed by atoms with Gasteiger partial charge >= 0.3 is 0 Å². The molecule has 0 spiro atoms. The van der Waals surface area contributed by atoms with Crippen molar-refractivity contribution in [2.24, 2.45) is 7.05 Å². The Bertz CT molecular complexity index is 791. The summed E-state index contributed by atoms with van der Waals surface area (Å²) in [6.45, 7) is 1.70. The van der Waals surface area contributed by atoms with Gasteiger partial charge in [-0.25, -0.2) is 4.98 Å². The highest BCUT2D eigenvalue weighted by Crippen LogP contribution is 2.26. The van der Waals surface area contributed by atoms with Gasteiger partial charge in [0.05, 0.1) is 4.92 Å². The number of carbonyl (C=O) groups is 1. The van der Waals surface area contributed by atoms with Crippen molar-refractivity contribution in [1.82, 2.24) is 19.8 Å². The number of aryl methyl sites for hydroxylation is 1. The molecule has 0 radical (unpaired) electrons. The van der Waals surface area contributed by atoms with Gasteiger partial charge in [-0.05, 0) is 6.07 Å². The number of rotatable bonds is 3. The van der Waals surface area contributed by atoms with E-state index in [1.165, 1.54) is 18.2 Å². The fourth-order valence-corrected chi connectivity index (χ4v) is 3.07. The Morgan fingerprint density at radius 3 is 2.92 bits per heavy atom. The van der Waals surface area contributed by atoms with E-state index in [9.17, 15) is 14.9 Å². The molecular weight excluding hydrogens is 334 g/mol. The average Bonchev–Trinajstić information content (AvgIpc) is 2.99. The first-order chi connectivity index (χ1) is 11.5. The van der Waals surface area contributed by atoms with Gasteiger partial charge in [0.15, 0.2) is 0 Å². The number of carbonyl (C=O) groups excluding carboxylic acids is 1. The lowest BCUT2D eigenvalue weighted by atomic mass is 10.1. The fourth-order valence-electron chi connectivity index (χ4n) is 2.85. The first-order valence-corrected chi connectivity index (χ1v) is 7.79. The summed E-state index contributed by atoms with van der Waals surface area (Å²) >= 11 is 5.93. The molecule has 2 aromatic rings. The molecule has 1 unspecified atom stereocenters. The molecule has 1 saturated heterocycles. The van der Waals surface area contributed by atoms with Gasteiger partial charge in [-0.1, -0.05) is 11.6 Å². The molecule has 0 bridgehead atoms. The molecule has 1 aromatic carbocycles. The van der Waals surface area contributed by atoms with Crippen molar-refractivity contribution in [2.75, 3.05) is 19.6 Å². The van der Waals surface area contributed by atoms with E-state index < -0.39 is 4.92 Å². The summed E-state index contributed by atoms with van der Waals surface area (Å²) in [5.74, 6) is 0.460. The van der Waals surface area contributed by atoms with E-state index in [0.29, 0.717) is 19.6 Å². The molecule has 1 amide bonds. The minimum Gasteiger partial charge on any atom is -0.336 e. The van der Waals surface area contributed by atoms with Crippen LogP contribution in [0.2, 0.25) is 5.02 Å². The predicted octanol–water partition coefficient (Wildman–Crippen LogP) is 1.77. The second-order valence-corrected chi connectivity index (χ2v) is 6.01. The lowest BCUT2D eigenvalue weighted by Crippen LogP contribution is -2.49. The van der Waals surface area contributed by atoms with E-state index in [1.54, 1.807) is 11.1 Å². The van der Waals surface area contributed by atoms with Crippen LogP contribution in [0.5, 0.6) is 0 Å². The summed E-state index contributed by atoms with van der Waals surface area (Å²) in [6.07, 6.45) is 3.49. The summed E-state index contributed by atoms with van der Waals surface area (Å²) in [4.78, 5) is 29.4. The lowest BCUT2D eigenvalue weighted by Gasteiger charge is -2.35. The van der Waals surface area contributed by atoms with E-state index in [-0.39, 0.29) is 28.2 Å². The number of aromatic nitrogens is 2. The molecule has 24 heavy (non-hydrogen) atoms. The zero-order valence-corrected chi connectivity index (χ0v) is 13.7. The summed E-state index contributed by atoms with van der Waals surface area (Å²) in [7, 11) is 1.86. The number of nitro benzene ring substituents is 1. The van der Waals surface area contributed by atoms with E-state index in [1.807, 2.05) is 17.8 Å². The third-order valence-corrected chi connectivity index (χ3v) is 4.22. The highest BCUT2D eigenvalue weighted by molar-refractivity contribution is 6.31. The molecule has 3 rings (SSSR count). The fraction of sp³-hybridized carbons (Fsp3) is 0.333. The Morgan fingerprint density at radius 2 is 2.25 bits per heavy atom. The Hall–Kier alpha value is -2.45. The van der Waals surface area contributed by atoms with Gasteiger partial charge in [0.2, 0.25) is 0 Å². The van der Waals surface area contributed by atoms with Gasteiger partial charge in [0, 0.05) is 61.8 Å². The maximum atomic E-state index is 12.9. The molecule has 1 aliphatic rings. The molecule has 1 atom stereocenters. The van der Waals surface area contributed by atoms with Crippen LogP contribution >= 0.6 is 11.6 Å². The number of non-ortho nitro benzene ring substituents is 1. The van der Waals surface area contributed by atoms with Crippen LogP contribution < -0.4 is 5.32 Å². The number of piperazine rings is 1. The van der Waals surface area contributed by atoms with Crippen molar-refractivity contribution in [3.63, 3.8) is 0 Å². The van der Waals surface area contributed by atoms with Crippen LogP contribution in [0.25, 0.3) is 0 Å². The summed E-state index contributed by atoms with van der Waals surface area (Å²) in [6, 6.07) is 3.69. The molecule has 1 N–H and O–H groups in total. The van der Waals surface area contributed by atoms with E-state index in [2.05, 4.69) is 10.3 Å². The minimum atomic E-state index is -0.559. The average molecular weight is 350 g/mol. The van der Waals surface area contributed by atoms with E-state index in [4.69, 9.17) is 11.6 Å². The van der Waals surface area contributed by atoms with Crippen molar-refractivity contribution in [2.45, 2.75) is 6.04 Å². The van der Waals surface area contributed by atoms with Gasteiger partial charge in [-0.3, -0.25) is 14.9 Å². The number of amides is 1. The Labute approximate surface area is 143 Å². The number of hydrogen-bond donors (Lipinski definition) is 1. The summed E-state index contributed by atoms with van der Waals surface area (Å²) < 4.78 is 1.86. The number of nitrogens with zero attached hydrogens (tertiary/aromatic N) is 4. The van der Waals surface area contributed by atoms with Crippen LogP contribution in [0.1, 0.15) is 22.2 Å². The SMILES string of the molecule is Cn1ccnc1C1CNCCN1C(=O)c1cc(Cl)cc([N+](=O)[O-])c1. The van der Waals surface area contributed by atoms with Gasteiger partial charge in [0.1, 0.15) is 11.9 Å². The predicted molar refractivity (Wildman–Crippen MR) is 88.0 cm³/mol. The number of hydrogen-bond acceptors (Lipinski definition) is 5. The number of imidazole rings is 1. The largest absolute Gasteiger partial charge is 0.336 e.